The molecule has 0 aliphatic carbocycles. The van der Waals surface area contributed by atoms with Crippen LogP contribution in [0.25, 0.3) is 0 Å². The van der Waals surface area contributed by atoms with Crippen molar-refractivity contribution in [2.24, 2.45) is 0 Å². The molecule has 168 valence electrons. The van der Waals surface area contributed by atoms with Crippen LogP contribution in [0.2, 0.25) is 5.02 Å². The molecular formula is C20H20ClF2NO6S. The van der Waals surface area contributed by atoms with Gasteiger partial charge in [-0.1, -0.05) is 25.4 Å². The summed E-state index contributed by atoms with van der Waals surface area (Å²) in [6.07, 6.45) is 0. The summed E-state index contributed by atoms with van der Waals surface area (Å²) >= 11 is 6.03. The molecule has 0 fully saturated rings. The molecule has 2 aromatic rings. The normalized spacial score (nSPS) is 11.6. The Bertz CT molecular complexity index is 1040. The number of ether oxygens (including phenoxy) is 2. The lowest BCUT2D eigenvalue weighted by atomic mass is 10.1. The van der Waals surface area contributed by atoms with Gasteiger partial charge in [0.05, 0.1) is 10.6 Å². The number of halogens is 3. The average Bonchev–Trinajstić information content (AvgIpc) is 2.72. The van der Waals surface area contributed by atoms with Crippen LogP contribution in [0, 0.1) is 0 Å². The number of sulfonamides is 1. The van der Waals surface area contributed by atoms with E-state index in [0.29, 0.717) is 0 Å². The van der Waals surface area contributed by atoms with E-state index >= 15 is 0 Å². The van der Waals surface area contributed by atoms with E-state index < -0.39 is 35.0 Å². The molecule has 0 bridgehead atoms. The SMILES string of the molecule is CCN(CC)S(=O)(=O)c1cc(C(=O)OCC(=O)c2ccc(OC(F)F)cc2)ccc1Cl. The Morgan fingerprint density at radius 2 is 1.61 bits per heavy atom. The second-order valence-corrected chi connectivity index (χ2v) is 8.45. The standard InChI is InChI=1S/C20H20ClF2NO6S/c1-3-24(4-2)31(27,28)18-11-14(7-10-16(18)21)19(26)29-12-17(25)13-5-8-15(9-6-13)30-20(22)23/h5-11,20H,3-4,12H2,1-2H3. The summed E-state index contributed by atoms with van der Waals surface area (Å²) in [4.78, 5) is 24.3. The number of ketones is 1. The van der Waals surface area contributed by atoms with E-state index in [4.69, 9.17) is 16.3 Å². The number of carbonyl (C=O) groups excluding carboxylic acids is 2. The summed E-state index contributed by atoms with van der Waals surface area (Å²) in [5.41, 5.74) is 0.0268. The third kappa shape index (κ3) is 6.22. The highest BCUT2D eigenvalue weighted by molar-refractivity contribution is 7.89. The fourth-order valence-electron chi connectivity index (χ4n) is 2.65. The predicted molar refractivity (Wildman–Crippen MR) is 109 cm³/mol. The van der Waals surface area contributed by atoms with Crippen molar-refractivity contribution in [2.75, 3.05) is 19.7 Å². The molecular weight excluding hydrogens is 456 g/mol. The molecule has 0 heterocycles. The van der Waals surface area contributed by atoms with Crippen molar-refractivity contribution >= 4 is 33.4 Å². The van der Waals surface area contributed by atoms with Crippen molar-refractivity contribution in [2.45, 2.75) is 25.4 Å². The summed E-state index contributed by atoms with van der Waals surface area (Å²) in [5.74, 6) is -1.62. The van der Waals surface area contributed by atoms with Gasteiger partial charge in [0.25, 0.3) is 0 Å². The number of carbonyl (C=O) groups is 2. The first-order chi connectivity index (χ1) is 14.6. The topological polar surface area (TPSA) is 90.0 Å². The second kappa shape index (κ2) is 10.7. The minimum absolute atomic E-state index is 0.0503. The van der Waals surface area contributed by atoms with Crippen molar-refractivity contribution in [3.05, 3.63) is 58.6 Å². The molecule has 11 heteroatoms. The Balaban J connectivity index is 2.11. The molecule has 0 spiro atoms. The van der Waals surface area contributed by atoms with Gasteiger partial charge < -0.3 is 9.47 Å². The summed E-state index contributed by atoms with van der Waals surface area (Å²) in [6.45, 7) is 0.167. The first-order valence-corrected chi connectivity index (χ1v) is 11.0. The first kappa shape index (κ1) is 24.7. The summed E-state index contributed by atoms with van der Waals surface area (Å²) in [6, 6.07) is 8.52. The quantitative estimate of drug-likeness (QED) is 0.381. The van der Waals surface area contributed by atoms with Gasteiger partial charge in [-0.2, -0.15) is 13.1 Å². The molecule has 0 atom stereocenters. The number of hydrogen-bond donors (Lipinski definition) is 0. The fraction of sp³-hybridized carbons (Fsp3) is 0.300. The van der Waals surface area contributed by atoms with Crippen molar-refractivity contribution in [1.82, 2.24) is 4.31 Å². The van der Waals surface area contributed by atoms with E-state index in [-0.39, 0.29) is 39.9 Å². The maximum Gasteiger partial charge on any atom is 0.387 e. The van der Waals surface area contributed by atoms with Gasteiger partial charge in [-0.05, 0) is 42.5 Å². The molecule has 0 radical (unpaired) electrons. The molecule has 0 unspecified atom stereocenters. The van der Waals surface area contributed by atoms with Crippen LogP contribution in [0.5, 0.6) is 5.75 Å². The van der Waals surface area contributed by atoms with Gasteiger partial charge >= 0.3 is 12.6 Å². The first-order valence-electron chi connectivity index (χ1n) is 9.15. The highest BCUT2D eigenvalue weighted by Gasteiger charge is 2.26. The minimum Gasteiger partial charge on any atom is -0.454 e. The van der Waals surface area contributed by atoms with Gasteiger partial charge in [0.2, 0.25) is 10.0 Å². The zero-order valence-corrected chi connectivity index (χ0v) is 18.3. The van der Waals surface area contributed by atoms with Gasteiger partial charge in [0.15, 0.2) is 12.4 Å². The molecule has 0 saturated heterocycles. The van der Waals surface area contributed by atoms with Crippen LogP contribution in [0.1, 0.15) is 34.6 Å². The van der Waals surface area contributed by atoms with E-state index in [1.54, 1.807) is 13.8 Å². The average molecular weight is 476 g/mol. The highest BCUT2D eigenvalue weighted by atomic mass is 35.5. The maximum absolute atomic E-state index is 12.7. The third-order valence-corrected chi connectivity index (χ3v) is 6.76. The van der Waals surface area contributed by atoms with Gasteiger partial charge in [-0.15, -0.1) is 0 Å². The minimum atomic E-state index is -3.91. The number of hydrogen-bond acceptors (Lipinski definition) is 6. The Morgan fingerprint density at radius 1 is 1.03 bits per heavy atom. The lowest BCUT2D eigenvalue weighted by Gasteiger charge is -2.19. The summed E-state index contributed by atoms with van der Waals surface area (Å²) in [5, 5.41) is -0.0503. The highest BCUT2D eigenvalue weighted by Crippen LogP contribution is 2.26. The number of rotatable bonds is 10. The fourth-order valence-corrected chi connectivity index (χ4v) is 4.61. The zero-order valence-electron chi connectivity index (χ0n) is 16.7. The monoisotopic (exact) mass is 475 g/mol. The molecule has 0 saturated carbocycles. The van der Waals surface area contributed by atoms with E-state index in [2.05, 4.69) is 4.74 Å². The molecule has 0 amide bonds. The van der Waals surface area contributed by atoms with Crippen LogP contribution in [-0.2, 0) is 14.8 Å². The number of alkyl halides is 2. The number of nitrogens with zero attached hydrogens (tertiary/aromatic N) is 1. The molecule has 0 aliphatic heterocycles. The van der Waals surface area contributed by atoms with E-state index in [1.165, 1.54) is 40.7 Å². The van der Waals surface area contributed by atoms with Crippen LogP contribution in [0.4, 0.5) is 8.78 Å². The summed E-state index contributed by atoms with van der Waals surface area (Å²) in [7, 11) is -3.91. The van der Waals surface area contributed by atoms with E-state index in [9.17, 15) is 26.8 Å². The summed E-state index contributed by atoms with van der Waals surface area (Å²) < 4.78 is 60.1. The lowest BCUT2D eigenvalue weighted by Crippen LogP contribution is -2.31. The molecule has 0 aliphatic rings. The van der Waals surface area contributed by atoms with Crippen molar-refractivity contribution in [3.63, 3.8) is 0 Å². The molecule has 7 nitrogen and oxygen atoms in total. The Hall–Kier alpha value is -2.56. The van der Waals surface area contributed by atoms with Gasteiger partial charge in [0, 0.05) is 18.7 Å². The van der Waals surface area contributed by atoms with Crippen molar-refractivity contribution in [3.8, 4) is 5.75 Å². The van der Waals surface area contributed by atoms with Crippen LogP contribution in [0.15, 0.2) is 47.4 Å². The number of Topliss-reactive ketones (excluding diaryl/α,β-unsaturated/α-hetero) is 1. The molecule has 0 N–H and O–H groups in total. The molecule has 2 aromatic carbocycles. The number of benzene rings is 2. The van der Waals surface area contributed by atoms with Crippen LogP contribution >= 0.6 is 11.6 Å². The van der Waals surface area contributed by atoms with Crippen molar-refractivity contribution < 1.29 is 36.3 Å². The molecule has 0 aromatic heterocycles. The van der Waals surface area contributed by atoms with E-state index in [0.717, 1.165) is 6.07 Å². The largest absolute Gasteiger partial charge is 0.454 e. The Labute approximate surface area is 183 Å². The van der Waals surface area contributed by atoms with E-state index in [1.807, 2.05) is 0 Å². The third-order valence-electron chi connectivity index (χ3n) is 4.23. The number of esters is 1. The van der Waals surface area contributed by atoms with Gasteiger partial charge in [0.1, 0.15) is 10.6 Å². The van der Waals surface area contributed by atoms with Gasteiger partial charge in [-0.25, -0.2) is 13.2 Å². The van der Waals surface area contributed by atoms with Gasteiger partial charge in [-0.3, -0.25) is 4.79 Å². The predicted octanol–water partition coefficient (Wildman–Crippen LogP) is 4.01. The van der Waals surface area contributed by atoms with Crippen LogP contribution < -0.4 is 4.74 Å². The van der Waals surface area contributed by atoms with Crippen LogP contribution in [0.3, 0.4) is 0 Å². The Morgan fingerprint density at radius 3 is 2.16 bits per heavy atom. The maximum atomic E-state index is 12.7. The molecule has 31 heavy (non-hydrogen) atoms. The van der Waals surface area contributed by atoms with Crippen LogP contribution in [-0.4, -0.2) is 50.8 Å². The smallest absolute Gasteiger partial charge is 0.387 e. The molecule has 2 rings (SSSR count). The van der Waals surface area contributed by atoms with Crippen molar-refractivity contribution in [1.29, 1.82) is 0 Å². The second-order valence-electron chi connectivity index (χ2n) is 6.14. The zero-order chi connectivity index (χ0) is 23.2. The lowest BCUT2D eigenvalue weighted by molar-refractivity contribution is -0.0498. The Kier molecular flexibility index (Phi) is 8.49.